The van der Waals surface area contributed by atoms with Gasteiger partial charge in [0.25, 0.3) is 5.91 Å². The SMILES string of the molecule is COc1ccc(Cl)cc1C(=O)NCCc1ccc(S([NH-])(=O)=O)cc1.[Na+]. The molecular weight excluding hydrogens is 375 g/mol. The van der Waals surface area contributed by atoms with Crippen molar-refractivity contribution in [3.8, 4) is 5.75 Å². The molecule has 128 valence electrons. The van der Waals surface area contributed by atoms with Crippen molar-refractivity contribution in [3.63, 3.8) is 0 Å². The Morgan fingerprint density at radius 1 is 1.20 bits per heavy atom. The molecule has 0 radical (unpaired) electrons. The van der Waals surface area contributed by atoms with Crippen LogP contribution in [0.15, 0.2) is 47.4 Å². The Bertz CT molecular complexity index is 842. The first-order valence-corrected chi connectivity index (χ1v) is 8.87. The minimum absolute atomic E-state index is 0. The number of ether oxygens (including phenoxy) is 1. The van der Waals surface area contributed by atoms with Crippen LogP contribution in [0.5, 0.6) is 5.75 Å². The van der Waals surface area contributed by atoms with Gasteiger partial charge in [0.2, 0.25) is 0 Å². The van der Waals surface area contributed by atoms with Crippen molar-refractivity contribution in [2.45, 2.75) is 11.3 Å². The zero-order chi connectivity index (χ0) is 17.7. The van der Waals surface area contributed by atoms with Gasteiger partial charge in [0, 0.05) is 16.5 Å². The fourth-order valence-electron chi connectivity index (χ4n) is 2.11. The molecule has 2 N–H and O–H groups in total. The quantitative estimate of drug-likeness (QED) is 0.706. The van der Waals surface area contributed by atoms with Gasteiger partial charge in [0.05, 0.1) is 22.7 Å². The first-order valence-electron chi connectivity index (χ1n) is 7.01. The Morgan fingerprint density at radius 3 is 2.40 bits per heavy atom. The Kier molecular flexibility index (Phi) is 8.40. The van der Waals surface area contributed by atoms with Gasteiger partial charge >= 0.3 is 29.6 Å². The van der Waals surface area contributed by atoms with Crippen molar-refractivity contribution in [2.24, 2.45) is 0 Å². The Balaban J connectivity index is 0.00000312. The molecule has 25 heavy (non-hydrogen) atoms. The summed E-state index contributed by atoms with van der Waals surface area (Å²) in [6, 6.07) is 10.8. The molecule has 0 saturated heterocycles. The summed E-state index contributed by atoms with van der Waals surface area (Å²) in [7, 11) is -2.47. The Labute approximate surface area is 174 Å². The van der Waals surface area contributed by atoms with Crippen LogP contribution in [-0.4, -0.2) is 28.0 Å². The van der Waals surface area contributed by atoms with E-state index in [1.165, 1.54) is 25.3 Å². The zero-order valence-corrected chi connectivity index (χ0v) is 17.4. The van der Waals surface area contributed by atoms with Crippen LogP contribution in [0.4, 0.5) is 0 Å². The molecule has 2 aromatic rings. The molecule has 0 aliphatic carbocycles. The predicted octanol–water partition coefficient (Wildman–Crippen LogP) is 0.0660. The molecule has 9 heteroatoms. The summed E-state index contributed by atoms with van der Waals surface area (Å²) in [5.41, 5.74) is 1.20. The van der Waals surface area contributed by atoms with Crippen LogP contribution in [0.2, 0.25) is 5.02 Å². The molecule has 0 heterocycles. The molecule has 0 aromatic heterocycles. The fourth-order valence-corrected chi connectivity index (χ4v) is 2.78. The van der Waals surface area contributed by atoms with Crippen molar-refractivity contribution < 1.29 is 47.5 Å². The van der Waals surface area contributed by atoms with Crippen LogP contribution in [0.1, 0.15) is 15.9 Å². The summed E-state index contributed by atoms with van der Waals surface area (Å²) >= 11 is 5.90. The monoisotopic (exact) mass is 390 g/mol. The molecule has 0 aliphatic heterocycles. The topological polar surface area (TPSA) is 96.3 Å². The standard InChI is InChI=1S/C16H17ClN2O4S.Na/c1-23-15-7-4-12(17)10-14(15)16(20)19-9-8-11-2-5-13(6-3-11)24(18,21)22;/h2-7,10H,8-9H2,1H3,(H3,18,19,20,21,22);/q;+1/p-1. The van der Waals surface area contributed by atoms with Crippen LogP contribution in [0.3, 0.4) is 0 Å². The predicted molar refractivity (Wildman–Crippen MR) is 92.0 cm³/mol. The van der Waals surface area contributed by atoms with Crippen LogP contribution < -0.4 is 39.6 Å². The molecule has 2 aromatic carbocycles. The smallest absolute Gasteiger partial charge is 0.560 e. The summed E-state index contributed by atoms with van der Waals surface area (Å²) in [6.07, 6.45) is 0.521. The normalized spacial score (nSPS) is 10.7. The number of benzene rings is 2. The van der Waals surface area contributed by atoms with Gasteiger partial charge < -0.3 is 15.2 Å². The van der Waals surface area contributed by atoms with E-state index < -0.39 is 10.0 Å². The van der Waals surface area contributed by atoms with Crippen molar-refractivity contribution in [3.05, 3.63) is 63.8 Å². The first-order chi connectivity index (χ1) is 11.3. The average molecular weight is 391 g/mol. The molecule has 0 saturated carbocycles. The number of hydrogen-bond acceptors (Lipinski definition) is 4. The van der Waals surface area contributed by atoms with Crippen LogP contribution in [0.25, 0.3) is 5.14 Å². The van der Waals surface area contributed by atoms with Crippen molar-refractivity contribution >= 4 is 27.5 Å². The number of methoxy groups -OCH3 is 1. The van der Waals surface area contributed by atoms with Gasteiger partial charge in [-0.2, -0.15) is 0 Å². The molecule has 1 amide bonds. The minimum atomic E-state index is -3.95. The number of carbonyl (C=O) groups is 1. The molecular formula is C16H16ClN2NaO4S. The largest absolute Gasteiger partial charge is 1.00 e. The van der Waals surface area contributed by atoms with Crippen molar-refractivity contribution in [1.82, 2.24) is 5.32 Å². The van der Waals surface area contributed by atoms with Crippen LogP contribution >= 0.6 is 11.6 Å². The molecule has 2 rings (SSSR count). The maximum Gasteiger partial charge on any atom is 1.00 e. The summed E-state index contributed by atoms with van der Waals surface area (Å²) in [4.78, 5) is 12.1. The van der Waals surface area contributed by atoms with Crippen molar-refractivity contribution in [1.29, 1.82) is 0 Å². The number of halogens is 1. The van der Waals surface area contributed by atoms with Gasteiger partial charge in [-0.1, -0.05) is 23.7 Å². The van der Waals surface area contributed by atoms with Crippen molar-refractivity contribution in [2.75, 3.05) is 13.7 Å². The van der Waals surface area contributed by atoms with E-state index in [1.54, 1.807) is 24.3 Å². The van der Waals surface area contributed by atoms with Gasteiger partial charge in [-0.05, 0) is 42.3 Å². The number of amides is 1. The summed E-state index contributed by atoms with van der Waals surface area (Å²) in [5, 5.41) is 10.2. The average Bonchev–Trinajstić information content (AvgIpc) is 2.54. The van der Waals surface area contributed by atoms with Crippen LogP contribution in [0, 0.1) is 0 Å². The maximum atomic E-state index is 12.2. The number of sulfonamides is 1. The number of rotatable bonds is 6. The van der Waals surface area contributed by atoms with E-state index in [4.69, 9.17) is 21.5 Å². The minimum Gasteiger partial charge on any atom is -0.560 e. The van der Waals surface area contributed by atoms with E-state index >= 15 is 0 Å². The van der Waals surface area contributed by atoms with E-state index in [1.807, 2.05) is 0 Å². The zero-order valence-electron chi connectivity index (χ0n) is 13.9. The second kappa shape index (κ2) is 9.56. The molecule has 0 fully saturated rings. The third-order valence-corrected chi connectivity index (χ3v) is 4.47. The summed E-state index contributed by atoms with van der Waals surface area (Å²) < 4.78 is 27.3. The summed E-state index contributed by atoms with van der Waals surface area (Å²) in [5.74, 6) is 0.126. The number of hydrogen-bond donors (Lipinski definition) is 1. The second-order valence-corrected chi connectivity index (χ2v) is 6.91. The molecule has 6 nitrogen and oxygen atoms in total. The maximum absolute atomic E-state index is 12.2. The van der Waals surface area contributed by atoms with Gasteiger partial charge in [-0.25, -0.2) is 8.42 Å². The van der Waals surface area contributed by atoms with Crippen LogP contribution in [-0.2, 0) is 16.4 Å². The molecule has 0 bridgehead atoms. The Morgan fingerprint density at radius 2 is 1.84 bits per heavy atom. The van der Waals surface area contributed by atoms with Gasteiger partial charge in [0.1, 0.15) is 5.75 Å². The van der Waals surface area contributed by atoms with E-state index in [9.17, 15) is 13.2 Å². The molecule has 0 unspecified atom stereocenters. The number of nitrogens with one attached hydrogen (secondary N) is 2. The van der Waals surface area contributed by atoms with E-state index in [0.717, 1.165) is 5.56 Å². The number of carbonyl (C=O) groups excluding carboxylic acids is 1. The van der Waals surface area contributed by atoms with E-state index in [-0.39, 0.29) is 40.4 Å². The third-order valence-electron chi connectivity index (χ3n) is 3.34. The second-order valence-electron chi connectivity index (χ2n) is 5.00. The van der Waals surface area contributed by atoms with Gasteiger partial charge in [0.15, 0.2) is 0 Å². The van der Waals surface area contributed by atoms with E-state index in [0.29, 0.717) is 29.3 Å². The Hall–Kier alpha value is -1.09. The molecule has 0 spiro atoms. The molecule has 0 aliphatic rings. The third kappa shape index (κ3) is 6.29. The van der Waals surface area contributed by atoms with Gasteiger partial charge in [-0.3, -0.25) is 4.79 Å². The van der Waals surface area contributed by atoms with E-state index in [2.05, 4.69) is 5.32 Å². The van der Waals surface area contributed by atoms with Gasteiger partial charge in [-0.15, -0.1) is 0 Å². The first kappa shape index (κ1) is 22.0. The summed E-state index contributed by atoms with van der Waals surface area (Å²) in [6.45, 7) is 0.363. The fraction of sp³-hybridized carbons (Fsp3) is 0.188. The molecule has 0 atom stereocenters.